The number of aromatic nitrogens is 2. The highest BCUT2D eigenvalue weighted by Crippen LogP contribution is 2.24. The fourth-order valence-electron chi connectivity index (χ4n) is 4.08. The number of rotatable bonds is 11. The van der Waals surface area contributed by atoms with Crippen LogP contribution in [0.25, 0.3) is 0 Å². The van der Waals surface area contributed by atoms with Gasteiger partial charge in [0.25, 0.3) is 0 Å². The molecule has 0 atom stereocenters. The Hall–Kier alpha value is -3.72. The van der Waals surface area contributed by atoms with Gasteiger partial charge in [-0.15, -0.1) is 0 Å². The first-order chi connectivity index (χ1) is 17.1. The second-order valence-electron chi connectivity index (χ2n) is 8.60. The van der Waals surface area contributed by atoms with Crippen molar-refractivity contribution in [3.8, 4) is 5.75 Å². The topological polar surface area (TPSA) is 91.4 Å². The number of piperidine rings is 1. The number of hydrogen-bond acceptors (Lipinski definition) is 7. The first-order valence-electron chi connectivity index (χ1n) is 11.9. The standard InChI is InChI=1S/C26H31FN6O2/c1-2-12-33-13-10-19(11-14-33)17-35-23-8-6-20(7-9-23)31-26-28-16-24(27)25(32-26)30-22-5-3-4-21(15-22)29-18-34/h3-9,15-16,18-19H,2,10-14,17H2,1H3,(H,29,34)(H2,28,30,31,32). The van der Waals surface area contributed by atoms with Crippen molar-refractivity contribution in [1.82, 2.24) is 14.9 Å². The number of carbonyl (C=O) groups is 1. The van der Waals surface area contributed by atoms with Crippen LogP contribution in [0.1, 0.15) is 26.2 Å². The average Bonchev–Trinajstić information content (AvgIpc) is 2.87. The molecule has 1 amide bonds. The molecule has 3 aromatic rings. The van der Waals surface area contributed by atoms with Gasteiger partial charge in [0.2, 0.25) is 12.4 Å². The summed E-state index contributed by atoms with van der Waals surface area (Å²) in [6, 6.07) is 14.5. The number of likely N-dealkylation sites (tertiary alicyclic amines) is 1. The Balaban J connectivity index is 1.31. The molecule has 1 fully saturated rings. The van der Waals surface area contributed by atoms with Crippen molar-refractivity contribution < 1.29 is 13.9 Å². The maximum absolute atomic E-state index is 14.3. The SMILES string of the molecule is CCCN1CCC(COc2ccc(Nc3ncc(F)c(Nc4cccc(NC=O)c4)n3)cc2)CC1. The number of benzene rings is 2. The number of hydrogen-bond donors (Lipinski definition) is 3. The predicted octanol–water partition coefficient (Wildman–Crippen LogP) is 5.17. The second kappa shape index (κ2) is 12.1. The van der Waals surface area contributed by atoms with E-state index in [0.717, 1.165) is 37.3 Å². The Kier molecular flexibility index (Phi) is 8.45. The van der Waals surface area contributed by atoms with E-state index in [9.17, 15) is 9.18 Å². The van der Waals surface area contributed by atoms with Crippen LogP contribution in [0.15, 0.2) is 54.7 Å². The van der Waals surface area contributed by atoms with Gasteiger partial charge in [-0.25, -0.2) is 9.37 Å². The molecular formula is C26H31FN6O2. The zero-order valence-corrected chi connectivity index (χ0v) is 19.8. The largest absolute Gasteiger partial charge is 0.493 e. The molecule has 0 aliphatic carbocycles. The van der Waals surface area contributed by atoms with Gasteiger partial charge in [0.05, 0.1) is 12.8 Å². The van der Waals surface area contributed by atoms with Gasteiger partial charge in [-0.3, -0.25) is 4.79 Å². The summed E-state index contributed by atoms with van der Waals surface area (Å²) >= 11 is 0. The molecular weight excluding hydrogens is 447 g/mol. The van der Waals surface area contributed by atoms with Crippen LogP contribution < -0.4 is 20.7 Å². The Morgan fingerprint density at radius 3 is 2.60 bits per heavy atom. The highest BCUT2D eigenvalue weighted by molar-refractivity contribution is 5.74. The fourth-order valence-corrected chi connectivity index (χ4v) is 4.08. The first-order valence-corrected chi connectivity index (χ1v) is 11.9. The summed E-state index contributed by atoms with van der Waals surface area (Å²) in [5.41, 5.74) is 1.93. The molecule has 0 saturated carbocycles. The van der Waals surface area contributed by atoms with Crippen LogP contribution in [0.3, 0.4) is 0 Å². The lowest BCUT2D eigenvalue weighted by atomic mass is 9.98. The van der Waals surface area contributed by atoms with E-state index in [2.05, 4.69) is 37.7 Å². The van der Waals surface area contributed by atoms with E-state index in [4.69, 9.17) is 4.74 Å². The average molecular weight is 479 g/mol. The molecule has 9 heteroatoms. The summed E-state index contributed by atoms with van der Waals surface area (Å²) in [5, 5.41) is 8.57. The smallest absolute Gasteiger partial charge is 0.229 e. The Bertz CT molecular complexity index is 1100. The van der Waals surface area contributed by atoms with Gasteiger partial charge in [0.1, 0.15) is 5.75 Å². The zero-order valence-electron chi connectivity index (χ0n) is 19.8. The van der Waals surface area contributed by atoms with Crippen LogP contribution in [0.4, 0.5) is 33.2 Å². The monoisotopic (exact) mass is 478 g/mol. The van der Waals surface area contributed by atoms with E-state index in [-0.39, 0.29) is 11.8 Å². The molecule has 1 aromatic heterocycles. The zero-order chi connectivity index (χ0) is 24.5. The third kappa shape index (κ3) is 7.13. The van der Waals surface area contributed by atoms with Gasteiger partial charge in [0, 0.05) is 17.1 Å². The van der Waals surface area contributed by atoms with Crippen molar-refractivity contribution in [2.45, 2.75) is 26.2 Å². The molecule has 0 bridgehead atoms. The van der Waals surface area contributed by atoms with Gasteiger partial charge in [-0.1, -0.05) is 13.0 Å². The third-order valence-corrected chi connectivity index (χ3v) is 5.94. The molecule has 4 rings (SSSR count). The number of ether oxygens (including phenoxy) is 1. The maximum Gasteiger partial charge on any atom is 0.229 e. The van der Waals surface area contributed by atoms with E-state index in [1.54, 1.807) is 24.3 Å². The molecule has 2 heterocycles. The molecule has 184 valence electrons. The lowest BCUT2D eigenvalue weighted by molar-refractivity contribution is -0.105. The minimum Gasteiger partial charge on any atom is -0.493 e. The van der Waals surface area contributed by atoms with Gasteiger partial charge in [-0.05, 0) is 87.3 Å². The number of nitrogens with zero attached hydrogens (tertiary/aromatic N) is 3. The number of anilines is 5. The van der Waals surface area contributed by atoms with Crippen LogP contribution in [-0.4, -0.2) is 47.5 Å². The lowest BCUT2D eigenvalue weighted by Crippen LogP contribution is -2.35. The quantitative estimate of drug-likeness (QED) is 0.327. The Labute approximate surface area is 204 Å². The van der Waals surface area contributed by atoms with Crippen LogP contribution in [0.5, 0.6) is 5.75 Å². The van der Waals surface area contributed by atoms with Crippen LogP contribution in [-0.2, 0) is 4.79 Å². The van der Waals surface area contributed by atoms with E-state index < -0.39 is 5.82 Å². The van der Waals surface area contributed by atoms with Gasteiger partial charge >= 0.3 is 0 Å². The van der Waals surface area contributed by atoms with Crippen molar-refractivity contribution in [3.63, 3.8) is 0 Å². The van der Waals surface area contributed by atoms with Gasteiger partial charge in [-0.2, -0.15) is 4.98 Å². The molecule has 1 aliphatic heterocycles. The highest BCUT2D eigenvalue weighted by Gasteiger charge is 2.19. The van der Waals surface area contributed by atoms with E-state index in [1.165, 1.54) is 25.8 Å². The number of halogens is 1. The van der Waals surface area contributed by atoms with Crippen molar-refractivity contribution in [1.29, 1.82) is 0 Å². The summed E-state index contributed by atoms with van der Waals surface area (Å²) in [4.78, 5) is 21.4. The van der Waals surface area contributed by atoms with E-state index >= 15 is 0 Å². The van der Waals surface area contributed by atoms with Gasteiger partial charge < -0.3 is 25.6 Å². The minimum atomic E-state index is -0.589. The van der Waals surface area contributed by atoms with Crippen LogP contribution in [0.2, 0.25) is 0 Å². The number of carbonyl (C=O) groups excluding carboxylic acids is 1. The second-order valence-corrected chi connectivity index (χ2v) is 8.60. The molecule has 1 saturated heterocycles. The fraction of sp³-hybridized carbons (Fsp3) is 0.346. The van der Waals surface area contributed by atoms with Crippen molar-refractivity contribution >= 4 is 35.2 Å². The lowest BCUT2D eigenvalue weighted by Gasteiger charge is -2.31. The molecule has 3 N–H and O–H groups in total. The molecule has 0 spiro atoms. The summed E-state index contributed by atoms with van der Waals surface area (Å²) in [6.45, 7) is 6.44. The predicted molar refractivity (Wildman–Crippen MR) is 136 cm³/mol. The number of nitrogens with one attached hydrogen (secondary N) is 3. The van der Waals surface area contributed by atoms with E-state index in [1.807, 2.05) is 24.3 Å². The van der Waals surface area contributed by atoms with Crippen LogP contribution >= 0.6 is 0 Å². The molecule has 0 unspecified atom stereocenters. The summed E-state index contributed by atoms with van der Waals surface area (Å²) in [6.07, 6.45) is 5.25. The Morgan fingerprint density at radius 2 is 1.86 bits per heavy atom. The molecule has 35 heavy (non-hydrogen) atoms. The van der Waals surface area contributed by atoms with E-state index in [0.29, 0.717) is 23.7 Å². The van der Waals surface area contributed by atoms with Crippen molar-refractivity contribution in [3.05, 3.63) is 60.5 Å². The molecule has 8 nitrogen and oxygen atoms in total. The van der Waals surface area contributed by atoms with Crippen molar-refractivity contribution in [2.24, 2.45) is 5.92 Å². The summed E-state index contributed by atoms with van der Waals surface area (Å²) in [7, 11) is 0. The third-order valence-electron chi connectivity index (χ3n) is 5.94. The summed E-state index contributed by atoms with van der Waals surface area (Å²) < 4.78 is 20.3. The van der Waals surface area contributed by atoms with Gasteiger partial charge in [0.15, 0.2) is 11.6 Å². The molecule has 2 aromatic carbocycles. The normalized spacial score (nSPS) is 14.3. The summed E-state index contributed by atoms with van der Waals surface area (Å²) in [5.74, 6) is 1.10. The first kappa shape index (κ1) is 24.4. The molecule has 1 aliphatic rings. The maximum atomic E-state index is 14.3. The van der Waals surface area contributed by atoms with Crippen LogP contribution in [0, 0.1) is 11.7 Å². The highest BCUT2D eigenvalue weighted by atomic mass is 19.1. The Morgan fingerprint density at radius 1 is 1.09 bits per heavy atom. The number of amides is 1. The van der Waals surface area contributed by atoms with Crippen molar-refractivity contribution in [2.75, 3.05) is 42.2 Å². The molecule has 0 radical (unpaired) electrons. The minimum absolute atomic E-state index is 0.0238.